The van der Waals surface area contributed by atoms with Crippen molar-refractivity contribution in [1.82, 2.24) is 4.57 Å². The molecule has 106 valence electrons. The average molecular weight is 273 g/mol. The van der Waals surface area contributed by atoms with Crippen molar-refractivity contribution in [2.45, 2.75) is 39.0 Å². The minimum atomic E-state index is -0.864. The van der Waals surface area contributed by atoms with Gasteiger partial charge in [0.1, 0.15) is 0 Å². The number of aromatic nitrogens is 1. The van der Waals surface area contributed by atoms with Gasteiger partial charge in [0.2, 0.25) is 5.91 Å². The zero-order valence-corrected chi connectivity index (χ0v) is 11.8. The molecule has 1 aromatic carbocycles. The van der Waals surface area contributed by atoms with Gasteiger partial charge < -0.3 is 5.11 Å². The van der Waals surface area contributed by atoms with E-state index in [-0.39, 0.29) is 18.7 Å². The van der Waals surface area contributed by atoms with Gasteiger partial charge in [-0.15, -0.1) is 0 Å². The maximum atomic E-state index is 12.1. The van der Waals surface area contributed by atoms with Crippen molar-refractivity contribution >= 4 is 22.8 Å². The zero-order valence-electron chi connectivity index (χ0n) is 11.8. The lowest BCUT2D eigenvalue weighted by Gasteiger charge is -2.07. The summed E-state index contributed by atoms with van der Waals surface area (Å²) >= 11 is 0. The van der Waals surface area contributed by atoms with Crippen LogP contribution in [0.5, 0.6) is 0 Å². The lowest BCUT2D eigenvalue weighted by atomic mass is 10.0. The molecule has 20 heavy (non-hydrogen) atoms. The second-order valence-corrected chi connectivity index (χ2v) is 5.30. The van der Waals surface area contributed by atoms with E-state index in [1.54, 1.807) is 10.8 Å². The summed E-state index contributed by atoms with van der Waals surface area (Å²) in [5.41, 5.74) is 2.13. The number of hydrogen-bond donors (Lipinski definition) is 1. The molecule has 2 aromatic rings. The number of hydrogen-bond acceptors (Lipinski definition) is 2. The van der Waals surface area contributed by atoms with Crippen LogP contribution >= 0.6 is 0 Å². The molecule has 0 aliphatic carbocycles. The van der Waals surface area contributed by atoms with Crippen molar-refractivity contribution in [2.75, 3.05) is 0 Å². The first-order valence-electron chi connectivity index (χ1n) is 6.85. The number of benzene rings is 1. The first kappa shape index (κ1) is 14.3. The number of aliphatic carboxylic acids is 1. The van der Waals surface area contributed by atoms with Crippen molar-refractivity contribution in [3.63, 3.8) is 0 Å². The van der Waals surface area contributed by atoms with Crippen LogP contribution in [0.4, 0.5) is 0 Å². The summed E-state index contributed by atoms with van der Waals surface area (Å²) in [4.78, 5) is 22.6. The molecule has 4 heteroatoms. The molecule has 4 nitrogen and oxygen atoms in total. The molecule has 0 spiro atoms. The fourth-order valence-electron chi connectivity index (χ4n) is 2.25. The number of fused-ring (bicyclic) bond motifs is 1. The van der Waals surface area contributed by atoms with Gasteiger partial charge in [0.15, 0.2) is 0 Å². The van der Waals surface area contributed by atoms with E-state index in [1.165, 1.54) is 5.56 Å². The Morgan fingerprint density at radius 2 is 1.95 bits per heavy atom. The molecule has 0 aliphatic heterocycles. The highest BCUT2D eigenvalue weighted by atomic mass is 16.4. The topological polar surface area (TPSA) is 59.3 Å². The van der Waals surface area contributed by atoms with Crippen LogP contribution in [-0.2, 0) is 4.79 Å². The molecular weight excluding hydrogens is 254 g/mol. The highest BCUT2D eigenvalue weighted by Gasteiger charge is 2.10. The van der Waals surface area contributed by atoms with Crippen molar-refractivity contribution in [1.29, 1.82) is 0 Å². The summed E-state index contributed by atoms with van der Waals surface area (Å²) in [6, 6.07) is 8.02. The van der Waals surface area contributed by atoms with Gasteiger partial charge in [-0.2, -0.15) is 0 Å². The largest absolute Gasteiger partial charge is 0.481 e. The number of carbonyl (C=O) groups is 2. The smallest absolute Gasteiger partial charge is 0.303 e. The van der Waals surface area contributed by atoms with Gasteiger partial charge >= 0.3 is 5.97 Å². The molecular formula is C16H19NO3. The van der Waals surface area contributed by atoms with Crippen LogP contribution in [0.25, 0.3) is 10.9 Å². The van der Waals surface area contributed by atoms with Gasteiger partial charge in [-0.3, -0.25) is 14.2 Å². The molecule has 0 amide bonds. The number of nitrogens with zero attached hydrogens (tertiary/aromatic N) is 1. The molecule has 2 rings (SSSR count). The standard InChI is InChI=1S/C16H19NO3/c1-11(2)12-6-7-14-13(10-12)8-9-17(14)15(18)4-3-5-16(19)20/h6-11H,3-5H2,1-2H3,(H,19,20). The second-order valence-electron chi connectivity index (χ2n) is 5.30. The maximum absolute atomic E-state index is 12.1. The highest BCUT2D eigenvalue weighted by molar-refractivity contribution is 5.92. The van der Waals surface area contributed by atoms with E-state index in [2.05, 4.69) is 19.9 Å². The van der Waals surface area contributed by atoms with Crippen LogP contribution in [0.15, 0.2) is 30.5 Å². The van der Waals surface area contributed by atoms with E-state index >= 15 is 0 Å². The Hall–Kier alpha value is -2.10. The molecule has 1 heterocycles. The average Bonchev–Trinajstić information content (AvgIpc) is 2.80. The first-order chi connectivity index (χ1) is 9.49. The van der Waals surface area contributed by atoms with Crippen LogP contribution < -0.4 is 0 Å². The van der Waals surface area contributed by atoms with Gasteiger partial charge in [0.25, 0.3) is 0 Å². The van der Waals surface area contributed by atoms with E-state index in [9.17, 15) is 9.59 Å². The summed E-state index contributed by atoms with van der Waals surface area (Å²) in [5, 5.41) is 9.64. The predicted octanol–water partition coefficient (Wildman–Crippen LogP) is 3.66. The first-order valence-corrected chi connectivity index (χ1v) is 6.85. The Morgan fingerprint density at radius 3 is 2.60 bits per heavy atom. The van der Waals surface area contributed by atoms with Crippen LogP contribution in [0.2, 0.25) is 0 Å². The number of carboxylic acids is 1. The van der Waals surface area contributed by atoms with Gasteiger partial charge in [0, 0.05) is 24.4 Å². The van der Waals surface area contributed by atoms with E-state index in [4.69, 9.17) is 5.11 Å². The molecule has 0 fully saturated rings. The third-order valence-electron chi connectivity index (χ3n) is 3.43. The molecule has 0 atom stereocenters. The molecule has 0 bridgehead atoms. The van der Waals surface area contributed by atoms with E-state index in [0.29, 0.717) is 12.3 Å². The molecule has 0 radical (unpaired) electrons. The van der Waals surface area contributed by atoms with E-state index < -0.39 is 5.97 Å². The monoisotopic (exact) mass is 273 g/mol. The summed E-state index contributed by atoms with van der Waals surface area (Å²) in [6.07, 6.45) is 2.42. The Labute approximate surface area is 118 Å². The van der Waals surface area contributed by atoms with Crippen molar-refractivity contribution in [3.8, 4) is 0 Å². The molecule has 0 saturated carbocycles. The number of carbonyl (C=O) groups excluding carboxylic acids is 1. The second kappa shape index (κ2) is 5.90. The molecule has 1 aromatic heterocycles. The van der Waals surface area contributed by atoms with Crippen molar-refractivity contribution in [2.24, 2.45) is 0 Å². The summed E-state index contributed by atoms with van der Waals surface area (Å²) in [5.74, 6) is -0.468. The Bertz CT molecular complexity index is 640. The number of carboxylic acid groups (broad SMARTS) is 1. The highest BCUT2D eigenvalue weighted by Crippen LogP contribution is 2.22. The van der Waals surface area contributed by atoms with Crippen molar-refractivity contribution < 1.29 is 14.7 Å². The fraction of sp³-hybridized carbons (Fsp3) is 0.375. The summed E-state index contributed by atoms with van der Waals surface area (Å²) < 4.78 is 1.61. The minimum absolute atomic E-state index is 0.0302. The third kappa shape index (κ3) is 3.07. The maximum Gasteiger partial charge on any atom is 0.303 e. The van der Waals surface area contributed by atoms with Crippen molar-refractivity contribution in [3.05, 3.63) is 36.0 Å². The summed E-state index contributed by atoms with van der Waals surface area (Å²) in [7, 11) is 0. The molecule has 0 unspecified atom stereocenters. The van der Waals surface area contributed by atoms with Crippen LogP contribution in [-0.4, -0.2) is 21.6 Å². The van der Waals surface area contributed by atoms with Crippen LogP contribution in [0, 0.1) is 0 Å². The fourth-order valence-corrected chi connectivity index (χ4v) is 2.25. The normalized spacial score (nSPS) is 11.2. The van der Waals surface area contributed by atoms with Gasteiger partial charge in [0.05, 0.1) is 5.52 Å². The molecule has 0 aliphatic rings. The molecule has 1 N–H and O–H groups in total. The Balaban J connectivity index is 2.18. The van der Waals surface area contributed by atoms with E-state index in [0.717, 1.165) is 10.9 Å². The zero-order chi connectivity index (χ0) is 14.7. The number of rotatable bonds is 5. The van der Waals surface area contributed by atoms with Crippen LogP contribution in [0.1, 0.15) is 49.4 Å². The van der Waals surface area contributed by atoms with Gasteiger partial charge in [-0.1, -0.05) is 19.9 Å². The Morgan fingerprint density at radius 1 is 1.20 bits per heavy atom. The lowest BCUT2D eigenvalue weighted by molar-refractivity contribution is -0.137. The quantitative estimate of drug-likeness (QED) is 0.904. The SMILES string of the molecule is CC(C)c1ccc2c(ccn2C(=O)CCCC(=O)O)c1. The van der Waals surface area contributed by atoms with Gasteiger partial charge in [-0.05, 0) is 36.1 Å². The van der Waals surface area contributed by atoms with Crippen LogP contribution in [0.3, 0.4) is 0 Å². The van der Waals surface area contributed by atoms with E-state index in [1.807, 2.05) is 18.2 Å². The van der Waals surface area contributed by atoms with Gasteiger partial charge in [-0.25, -0.2) is 0 Å². The predicted molar refractivity (Wildman–Crippen MR) is 78.1 cm³/mol. The molecule has 0 saturated heterocycles. The lowest BCUT2D eigenvalue weighted by Crippen LogP contribution is -2.09. The summed E-state index contributed by atoms with van der Waals surface area (Å²) in [6.45, 7) is 4.27. The third-order valence-corrected chi connectivity index (χ3v) is 3.43. The minimum Gasteiger partial charge on any atom is -0.481 e. The Kier molecular flexibility index (Phi) is 4.23.